The smallest absolute Gasteiger partial charge is 0.271 e. The summed E-state index contributed by atoms with van der Waals surface area (Å²) in [5.74, 6) is 0.715. The van der Waals surface area contributed by atoms with Crippen LogP contribution in [0.2, 0.25) is 10.0 Å². The molecule has 2 atom stereocenters. The molecular weight excluding hydrogens is 567 g/mol. The first-order valence-corrected chi connectivity index (χ1v) is 14.1. The van der Waals surface area contributed by atoms with E-state index in [4.69, 9.17) is 42.5 Å². The molecule has 0 bridgehead atoms. The van der Waals surface area contributed by atoms with E-state index in [9.17, 15) is 9.90 Å². The van der Waals surface area contributed by atoms with Crippen LogP contribution in [0.3, 0.4) is 0 Å². The number of methoxy groups -OCH3 is 1. The van der Waals surface area contributed by atoms with Gasteiger partial charge in [-0.3, -0.25) is 14.8 Å². The number of carbonyl (C=O) groups excluding carboxylic acids is 1. The minimum Gasteiger partial charge on any atom is -0.496 e. The van der Waals surface area contributed by atoms with Crippen LogP contribution >= 0.6 is 23.2 Å². The first kappa shape index (κ1) is 27.8. The van der Waals surface area contributed by atoms with E-state index in [-0.39, 0.29) is 31.1 Å². The monoisotopic (exact) mass is 596 g/mol. The average Bonchev–Trinajstić information content (AvgIpc) is 3.35. The topological polar surface area (TPSA) is 96.7 Å². The maximum absolute atomic E-state index is 14.1. The van der Waals surface area contributed by atoms with Gasteiger partial charge in [-0.1, -0.05) is 23.2 Å². The van der Waals surface area contributed by atoms with Crippen molar-refractivity contribution in [2.24, 2.45) is 11.0 Å². The lowest BCUT2D eigenvalue weighted by atomic mass is 9.85. The van der Waals surface area contributed by atoms with Crippen molar-refractivity contribution in [2.45, 2.75) is 32.0 Å². The fourth-order valence-electron chi connectivity index (χ4n) is 5.78. The van der Waals surface area contributed by atoms with Gasteiger partial charge in [-0.15, -0.1) is 0 Å². The van der Waals surface area contributed by atoms with Crippen molar-refractivity contribution in [3.8, 4) is 22.6 Å². The number of pyridine rings is 1. The normalized spacial score (nSPS) is 21.1. The van der Waals surface area contributed by atoms with Crippen molar-refractivity contribution in [2.75, 3.05) is 38.5 Å². The molecule has 3 aliphatic heterocycles. The highest BCUT2D eigenvalue weighted by atomic mass is 35.5. The van der Waals surface area contributed by atoms with Gasteiger partial charge in [0.2, 0.25) is 0 Å². The molecule has 1 N–H and O–H groups in total. The third-order valence-corrected chi connectivity index (χ3v) is 8.23. The Bertz CT molecular complexity index is 1530. The molecule has 11 heteroatoms. The molecule has 1 amide bonds. The van der Waals surface area contributed by atoms with Crippen molar-refractivity contribution in [3.05, 3.63) is 70.0 Å². The minimum absolute atomic E-state index is 0.136. The average molecular weight is 597 g/mol. The van der Waals surface area contributed by atoms with Crippen LogP contribution in [0.25, 0.3) is 11.1 Å². The number of nitrogens with zero attached hydrogens (tertiary/aromatic N) is 4. The van der Waals surface area contributed by atoms with Crippen molar-refractivity contribution in [3.63, 3.8) is 0 Å². The second kappa shape index (κ2) is 10.8. The van der Waals surface area contributed by atoms with E-state index in [1.54, 1.807) is 37.7 Å². The van der Waals surface area contributed by atoms with Crippen LogP contribution in [0, 0.1) is 5.92 Å². The Kier molecular flexibility index (Phi) is 7.32. The predicted octanol–water partition coefficient (Wildman–Crippen LogP) is 5.12. The summed E-state index contributed by atoms with van der Waals surface area (Å²) < 4.78 is 17.7. The number of ether oxygens (including phenoxy) is 3. The molecule has 1 fully saturated rings. The molecule has 0 saturated carbocycles. The first-order valence-electron chi connectivity index (χ1n) is 13.3. The van der Waals surface area contributed by atoms with Crippen molar-refractivity contribution >= 4 is 40.5 Å². The van der Waals surface area contributed by atoms with Crippen LogP contribution in [0.5, 0.6) is 11.5 Å². The summed E-state index contributed by atoms with van der Waals surface area (Å²) >= 11 is 12.8. The molecule has 214 valence electrons. The number of aliphatic hydroxyl groups is 1. The number of anilines is 1. The Balaban J connectivity index is 1.49. The van der Waals surface area contributed by atoms with E-state index in [0.717, 1.165) is 16.7 Å². The van der Waals surface area contributed by atoms with Gasteiger partial charge < -0.3 is 24.2 Å². The van der Waals surface area contributed by atoms with Crippen molar-refractivity contribution in [1.82, 2.24) is 9.88 Å². The van der Waals surface area contributed by atoms with E-state index in [1.807, 2.05) is 42.0 Å². The molecule has 2 aromatic carbocycles. The molecule has 9 nitrogen and oxygen atoms in total. The number of rotatable bonds is 5. The van der Waals surface area contributed by atoms with Gasteiger partial charge in [0.1, 0.15) is 17.2 Å². The second-order valence-corrected chi connectivity index (χ2v) is 11.8. The van der Waals surface area contributed by atoms with Gasteiger partial charge in [-0.05, 0) is 49.7 Å². The fourth-order valence-corrected chi connectivity index (χ4v) is 6.30. The highest BCUT2D eigenvalue weighted by molar-refractivity contribution is 6.41. The van der Waals surface area contributed by atoms with Gasteiger partial charge in [-0.2, -0.15) is 5.10 Å². The number of hydrazone groups is 1. The number of aliphatic hydroxyl groups excluding tert-OH is 1. The summed E-state index contributed by atoms with van der Waals surface area (Å²) in [6.07, 6.45) is 3.34. The maximum atomic E-state index is 14.1. The lowest BCUT2D eigenvalue weighted by Gasteiger charge is -2.42. The van der Waals surface area contributed by atoms with Crippen LogP contribution in [0.4, 0.5) is 5.69 Å². The Labute approximate surface area is 248 Å². The highest BCUT2D eigenvalue weighted by Gasteiger charge is 2.49. The quantitative estimate of drug-likeness (QED) is 0.436. The van der Waals surface area contributed by atoms with Gasteiger partial charge >= 0.3 is 0 Å². The number of halogens is 2. The molecule has 4 heterocycles. The zero-order chi connectivity index (χ0) is 28.9. The third kappa shape index (κ3) is 5.01. The Morgan fingerprint density at radius 1 is 1.15 bits per heavy atom. The molecule has 41 heavy (non-hydrogen) atoms. The summed E-state index contributed by atoms with van der Waals surface area (Å²) in [5, 5.41) is 17.4. The Hall–Kier alpha value is -3.37. The largest absolute Gasteiger partial charge is 0.496 e. The highest BCUT2D eigenvalue weighted by Crippen LogP contribution is 2.50. The third-order valence-electron chi connectivity index (χ3n) is 7.79. The Morgan fingerprint density at radius 3 is 2.63 bits per heavy atom. The van der Waals surface area contributed by atoms with Crippen molar-refractivity contribution < 1.29 is 24.1 Å². The standard InChI is InChI=1S/C30H30Cl2N4O5/c1-30(2)16-40-5-4-35(30)29(38)27-24-15-41-26-11-25(39-3)22(18-6-17(14-37)12-33-13-18)10-23(26)28(24)36(34-27)21-8-19(31)7-20(32)9-21/h6-13,24,28,37H,4-5,14-16H2,1-3H3. The molecule has 2 unspecified atom stereocenters. The minimum atomic E-state index is -0.487. The van der Waals surface area contributed by atoms with Gasteiger partial charge in [0.25, 0.3) is 5.91 Å². The molecule has 3 aromatic rings. The second-order valence-electron chi connectivity index (χ2n) is 11.0. The van der Waals surface area contributed by atoms with Gasteiger partial charge in [-0.25, -0.2) is 0 Å². The molecule has 3 aliphatic rings. The molecule has 1 aromatic heterocycles. The molecule has 0 spiro atoms. The van der Waals surface area contributed by atoms with Gasteiger partial charge in [0, 0.05) is 51.7 Å². The molecular formula is C30H30Cl2N4O5. The number of hydrogen-bond acceptors (Lipinski definition) is 8. The van der Waals surface area contributed by atoms with Crippen LogP contribution < -0.4 is 14.5 Å². The Morgan fingerprint density at radius 2 is 1.93 bits per heavy atom. The number of amides is 1. The van der Waals surface area contributed by atoms with Crippen LogP contribution in [-0.4, -0.2) is 65.6 Å². The summed E-state index contributed by atoms with van der Waals surface area (Å²) in [4.78, 5) is 20.2. The summed E-state index contributed by atoms with van der Waals surface area (Å²) in [7, 11) is 1.60. The van der Waals surface area contributed by atoms with Crippen LogP contribution in [0.15, 0.2) is 53.9 Å². The summed E-state index contributed by atoms with van der Waals surface area (Å²) in [5.41, 5.74) is 3.65. The SMILES string of the molecule is COc1cc2c(cc1-c1cncc(CO)c1)C1C(CO2)C(C(=O)N2CCOCC2(C)C)=NN1c1cc(Cl)cc(Cl)c1. The summed E-state index contributed by atoms with van der Waals surface area (Å²) in [6, 6.07) is 10.6. The number of morpholine rings is 1. The van der Waals surface area contributed by atoms with Gasteiger partial charge in [0.05, 0.1) is 56.7 Å². The molecule has 0 aliphatic carbocycles. The van der Waals surface area contributed by atoms with E-state index >= 15 is 0 Å². The molecule has 1 saturated heterocycles. The van der Waals surface area contributed by atoms with Crippen LogP contribution in [0.1, 0.15) is 31.0 Å². The van der Waals surface area contributed by atoms with Gasteiger partial charge in [0.15, 0.2) is 0 Å². The molecule has 6 rings (SSSR count). The van der Waals surface area contributed by atoms with E-state index < -0.39 is 5.54 Å². The first-order chi connectivity index (χ1) is 19.7. The predicted molar refractivity (Wildman–Crippen MR) is 157 cm³/mol. The van der Waals surface area contributed by atoms with E-state index in [1.165, 1.54) is 0 Å². The number of carbonyl (C=O) groups is 1. The number of aromatic nitrogens is 1. The maximum Gasteiger partial charge on any atom is 0.271 e. The summed E-state index contributed by atoms with van der Waals surface area (Å²) in [6.45, 7) is 5.48. The van der Waals surface area contributed by atoms with Crippen LogP contribution in [-0.2, 0) is 16.1 Å². The van der Waals surface area contributed by atoms with E-state index in [0.29, 0.717) is 58.3 Å². The zero-order valence-electron chi connectivity index (χ0n) is 22.9. The number of hydrogen-bond donors (Lipinski definition) is 1. The zero-order valence-corrected chi connectivity index (χ0v) is 24.4. The molecule has 0 radical (unpaired) electrons. The number of fused-ring (bicyclic) bond motifs is 3. The number of benzene rings is 2. The lowest BCUT2D eigenvalue weighted by Crippen LogP contribution is -2.58. The lowest BCUT2D eigenvalue weighted by molar-refractivity contribution is -0.139. The fraction of sp³-hybridized carbons (Fsp3) is 0.367. The van der Waals surface area contributed by atoms with Crippen molar-refractivity contribution in [1.29, 1.82) is 0 Å². The van der Waals surface area contributed by atoms with E-state index in [2.05, 4.69) is 4.98 Å².